The number of nitrogens with one attached hydrogen (secondary N) is 2. The van der Waals surface area contributed by atoms with Crippen LogP contribution in [0.5, 0.6) is 0 Å². The number of benzene rings is 2. The molecule has 0 spiro atoms. The van der Waals surface area contributed by atoms with E-state index in [9.17, 15) is 9.59 Å². The molecule has 28 heavy (non-hydrogen) atoms. The molecule has 5 nitrogen and oxygen atoms in total. The molecular weight excluding hydrogens is 397 g/mol. The fourth-order valence-electron chi connectivity index (χ4n) is 2.81. The number of para-hydroxylation sites is 1. The Morgan fingerprint density at radius 3 is 2.61 bits per heavy atom. The summed E-state index contributed by atoms with van der Waals surface area (Å²) in [6, 6.07) is 12.7. The number of carbonyl (C=O) groups excluding carboxylic acids is 2. The van der Waals surface area contributed by atoms with Gasteiger partial charge in [0.05, 0.1) is 11.3 Å². The second-order valence-corrected chi connectivity index (χ2v) is 7.91. The van der Waals surface area contributed by atoms with Gasteiger partial charge in [0.1, 0.15) is 0 Å². The van der Waals surface area contributed by atoms with Gasteiger partial charge >= 0.3 is 0 Å². The highest BCUT2D eigenvalue weighted by Crippen LogP contribution is 2.23. The molecule has 1 fully saturated rings. The van der Waals surface area contributed by atoms with Gasteiger partial charge in [-0.3, -0.25) is 9.59 Å². The minimum atomic E-state index is -0.145. The second kappa shape index (κ2) is 9.41. The van der Waals surface area contributed by atoms with Crippen LogP contribution in [0.3, 0.4) is 0 Å². The number of rotatable bonds is 8. The number of anilines is 1. The quantitative estimate of drug-likeness (QED) is 0.668. The fourth-order valence-corrected chi connectivity index (χ4v) is 3.27. The van der Waals surface area contributed by atoms with Crippen molar-refractivity contribution in [2.24, 2.45) is 0 Å². The Bertz CT molecular complexity index is 868. The van der Waals surface area contributed by atoms with Gasteiger partial charge in [-0.25, -0.2) is 0 Å². The highest BCUT2D eigenvalue weighted by Gasteiger charge is 2.25. The van der Waals surface area contributed by atoms with Crippen molar-refractivity contribution in [2.75, 3.05) is 18.9 Å². The Balaban J connectivity index is 1.52. The van der Waals surface area contributed by atoms with Crippen LogP contribution in [-0.4, -0.2) is 36.3 Å². The van der Waals surface area contributed by atoms with Crippen LogP contribution < -0.4 is 10.6 Å². The molecule has 0 aromatic heterocycles. The molecule has 148 valence electrons. The van der Waals surface area contributed by atoms with E-state index in [1.165, 1.54) is 0 Å². The molecule has 0 atom stereocenters. The van der Waals surface area contributed by atoms with Crippen molar-refractivity contribution >= 4 is 40.7 Å². The van der Waals surface area contributed by atoms with Gasteiger partial charge in [-0.2, -0.15) is 0 Å². The summed E-state index contributed by atoms with van der Waals surface area (Å²) in [7, 11) is 1.93. The van der Waals surface area contributed by atoms with Gasteiger partial charge in [-0.05, 0) is 49.7 Å². The summed E-state index contributed by atoms with van der Waals surface area (Å²) < 4.78 is 0. The molecule has 0 saturated heterocycles. The van der Waals surface area contributed by atoms with E-state index in [4.69, 9.17) is 23.2 Å². The van der Waals surface area contributed by atoms with Gasteiger partial charge in [-0.1, -0.05) is 41.4 Å². The van der Waals surface area contributed by atoms with E-state index in [-0.39, 0.29) is 17.9 Å². The minimum Gasteiger partial charge on any atom is -0.349 e. The van der Waals surface area contributed by atoms with Crippen LogP contribution in [0.25, 0.3) is 0 Å². The Morgan fingerprint density at radius 1 is 1.14 bits per heavy atom. The zero-order valence-corrected chi connectivity index (χ0v) is 17.2. The maximum atomic E-state index is 12.4. The number of carbonyl (C=O) groups is 2. The second-order valence-electron chi connectivity index (χ2n) is 7.07. The molecule has 2 amide bonds. The van der Waals surface area contributed by atoms with Crippen molar-refractivity contribution in [1.29, 1.82) is 0 Å². The van der Waals surface area contributed by atoms with Crippen LogP contribution in [-0.2, 0) is 11.3 Å². The van der Waals surface area contributed by atoms with E-state index in [1.807, 2.05) is 18.0 Å². The summed E-state index contributed by atoms with van der Waals surface area (Å²) >= 11 is 12.1. The zero-order chi connectivity index (χ0) is 20.1. The van der Waals surface area contributed by atoms with E-state index in [0.717, 1.165) is 18.4 Å². The summed E-state index contributed by atoms with van der Waals surface area (Å²) in [6.45, 7) is 1.17. The molecule has 1 aliphatic carbocycles. The lowest BCUT2D eigenvalue weighted by atomic mass is 10.1. The molecule has 0 bridgehead atoms. The number of hydrogen-bond acceptors (Lipinski definition) is 3. The monoisotopic (exact) mass is 419 g/mol. The van der Waals surface area contributed by atoms with Crippen molar-refractivity contribution in [3.05, 3.63) is 63.6 Å². The third kappa shape index (κ3) is 5.96. The van der Waals surface area contributed by atoms with Crippen molar-refractivity contribution < 1.29 is 9.59 Å². The SMILES string of the molecule is CN(CCC(=O)Nc1ccccc1C(=O)NC1CC1)Cc1ccc(Cl)cc1Cl. The fraction of sp³-hybridized carbons (Fsp3) is 0.333. The molecule has 0 aliphatic heterocycles. The van der Waals surface area contributed by atoms with Crippen LogP contribution in [0.1, 0.15) is 35.2 Å². The van der Waals surface area contributed by atoms with Crippen molar-refractivity contribution in [3.8, 4) is 0 Å². The molecule has 2 N–H and O–H groups in total. The van der Waals surface area contributed by atoms with Gasteiger partial charge in [-0.15, -0.1) is 0 Å². The van der Waals surface area contributed by atoms with E-state index in [1.54, 1.807) is 36.4 Å². The lowest BCUT2D eigenvalue weighted by Crippen LogP contribution is -2.28. The van der Waals surface area contributed by atoms with Crippen LogP contribution in [0.2, 0.25) is 10.0 Å². The maximum absolute atomic E-state index is 12.4. The summed E-state index contributed by atoms with van der Waals surface area (Å²) in [6.07, 6.45) is 2.34. The van der Waals surface area contributed by atoms with E-state index >= 15 is 0 Å². The normalized spacial score (nSPS) is 13.4. The van der Waals surface area contributed by atoms with Crippen LogP contribution in [0.4, 0.5) is 5.69 Å². The van der Waals surface area contributed by atoms with Gasteiger partial charge in [0.25, 0.3) is 5.91 Å². The minimum absolute atomic E-state index is 0.138. The third-order valence-corrected chi connectivity index (χ3v) is 5.12. The van der Waals surface area contributed by atoms with Crippen molar-refractivity contribution in [2.45, 2.75) is 31.8 Å². The average Bonchev–Trinajstić information content (AvgIpc) is 3.47. The number of amides is 2. The summed E-state index contributed by atoms with van der Waals surface area (Å²) in [4.78, 5) is 26.7. The van der Waals surface area contributed by atoms with Crippen LogP contribution in [0, 0.1) is 0 Å². The molecule has 0 heterocycles. The molecule has 7 heteroatoms. The first kappa shape index (κ1) is 20.6. The van der Waals surface area contributed by atoms with Gasteiger partial charge in [0, 0.05) is 35.6 Å². The van der Waals surface area contributed by atoms with Gasteiger partial charge < -0.3 is 15.5 Å². The Morgan fingerprint density at radius 2 is 1.89 bits per heavy atom. The van der Waals surface area contributed by atoms with Crippen molar-refractivity contribution in [3.63, 3.8) is 0 Å². The van der Waals surface area contributed by atoms with E-state index in [2.05, 4.69) is 10.6 Å². The summed E-state index contributed by atoms with van der Waals surface area (Å²) in [5.74, 6) is -0.284. The number of nitrogens with zero attached hydrogens (tertiary/aromatic N) is 1. The summed E-state index contributed by atoms with van der Waals surface area (Å²) in [5.41, 5.74) is 1.98. The van der Waals surface area contributed by atoms with Crippen LogP contribution in [0.15, 0.2) is 42.5 Å². The standard InChI is InChI=1S/C21H23Cl2N3O2/c1-26(13-14-6-7-15(22)12-18(14)23)11-10-20(27)25-19-5-3-2-4-17(19)21(28)24-16-8-9-16/h2-7,12,16H,8-11,13H2,1H3,(H,24,28)(H,25,27). The first-order chi connectivity index (χ1) is 13.4. The first-order valence-corrected chi connectivity index (χ1v) is 10.00. The highest BCUT2D eigenvalue weighted by atomic mass is 35.5. The van der Waals surface area contributed by atoms with E-state index < -0.39 is 0 Å². The lowest BCUT2D eigenvalue weighted by Gasteiger charge is -2.18. The maximum Gasteiger partial charge on any atom is 0.253 e. The Labute approximate surface area is 175 Å². The number of hydrogen-bond donors (Lipinski definition) is 2. The molecule has 3 rings (SSSR count). The first-order valence-electron chi connectivity index (χ1n) is 9.24. The molecule has 1 aliphatic rings. The zero-order valence-electron chi connectivity index (χ0n) is 15.7. The molecule has 2 aromatic rings. The molecule has 0 unspecified atom stereocenters. The number of halogens is 2. The predicted octanol–water partition coefficient (Wildman–Crippen LogP) is 4.35. The lowest BCUT2D eigenvalue weighted by molar-refractivity contribution is -0.116. The largest absolute Gasteiger partial charge is 0.349 e. The van der Waals surface area contributed by atoms with Crippen LogP contribution >= 0.6 is 23.2 Å². The third-order valence-electron chi connectivity index (χ3n) is 4.53. The van der Waals surface area contributed by atoms with Crippen molar-refractivity contribution in [1.82, 2.24) is 10.2 Å². The van der Waals surface area contributed by atoms with E-state index in [0.29, 0.717) is 40.8 Å². The highest BCUT2D eigenvalue weighted by molar-refractivity contribution is 6.35. The Hall–Kier alpha value is -2.08. The molecule has 0 radical (unpaired) electrons. The summed E-state index contributed by atoms with van der Waals surface area (Å²) in [5, 5.41) is 7.01. The molecule has 2 aromatic carbocycles. The molecule has 1 saturated carbocycles. The van der Waals surface area contributed by atoms with Gasteiger partial charge in [0.15, 0.2) is 0 Å². The topological polar surface area (TPSA) is 61.4 Å². The predicted molar refractivity (Wildman–Crippen MR) is 113 cm³/mol. The average molecular weight is 420 g/mol. The molecular formula is C21H23Cl2N3O2. The van der Waals surface area contributed by atoms with Gasteiger partial charge in [0.2, 0.25) is 5.91 Å². The smallest absolute Gasteiger partial charge is 0.253 e. The Kier molecular flexibility index (Phi) is 6.94.